The normalized spacial score (nSPS) is 46.4. The summed E-state index contributed by atoms with van der Waals surface area (Å²) < 4.78 is 5.65. The number of ether oxygens (including phenoxy) is 1. The maximum absolute atomic E-state index is 12.1. The molecule has 0 radical (unpaired) electrons. The van der Waals surface area contributed by atoms with E-state index in [1.165, 1.54) is 4.90 Å². The van der Waals surface area contributed by atoms with Gasteiger partial charge in [0.15, 0.2) is 0 Å². The summed E-state index contributed by atoms with van der Waals surface area (Å²) in [6.07, 6.45) is 3.92. The zero-order chi connectivity index (χ0) is 11.5. The number of carbonyl (C=O) groups is 2. The van der Waals surface area contributed by atoms with Gasteiger partial charge in [0, 0.05) is 14.2 Å². The maximum Gasteiger partial charge on any atom is 0.235 e. The largest absolute Gasteiger partial charge is 0.377 e. The van der Waals surface area contributed by atoms with E-state index >= 15 is 0 Å². The van der Waals surface area contributed by atoms with Crippen LogP contribution in [0.1, 0.15) is 25.7 Å². The highest BCUT2D eigenvalue weighted by molar-refractivity contribution is 6.05. The Morgan fingerprint density at radius 1 is 1.25 bits per heavy atom. The molecule has 0 spiro atoms. The van der Waals surface area contributed by atoms with E-state index < -0.39 is 0 Å². The smallest absolute Gasteiger partial charge is 0.235 e. The van der Waals surface area contributed by atoms with Crippen molar-refractivity contribution < 1.29 is 14.3 Å². The fourth-order valence-electron chi connectivity index (χ4n) is 3.99. The third kappa shape index (κ3) is 0.986. The first-order chi connectivity index (χ1) is 7.60. The quantitative estimate of drug-likeness (QED) is 0.618. The number of nitrogens with zero attached hydrogens (tertiary/aromatic N) is 1. The summed E-state index contributed by atoms with van der Waals surface area (Å²) in [5, 5.41) is 0. The SMILES string of the molecule is COC12CCC(CC1)C1C(=O)N(C)C(=O)C12. The molecule has 4 nitrogen and oxygen atoms in total. The molecule has 2 atom stereocenters. The molecule has 1 saturated heterocycles. The van der Waals surface area contributed by atoms with Gasteiger partial charge in [0.1, 0.15) is 0 Å². The monoisotopic (exact) mass is 223 g/mol. The van der Waals surface area contributed by atoms with Gasteiger partial charge in [0.05, 0.1) is 17.4 Å². The molecule has 0 aromatic heterocycles. The van der Waals surface area contributed by atoms with Crippen LogP contribution in [0.2, 0.25) is 0 Å². The molecule has 4 aliphatic rings. The fraction of sp³-hybridized carbons (Fsp3) is 0.833. The van der Waals surface area contributed by atoms with Crippen LogP contribution in [0.25, 0.3) is 0 Å². The van der Waals surface area contributed by atoms with E-state index in [2.05, 4.69) is 0 Å². The molecular formula is C12H17NO3. The van der Waals surface area contributed by atoms with E-state index in [0.29, 0.717) is 5.92 Å². The van der Waals surface area contributed by atoms with E-state index in [4.69, 9.17) is 4.74 Å². The second-order valence-electron chi connectivity index (χ2n) is 5.35. The summed E-state index contributed by atoms with van der Waals surface area (Å²) in [6, 6.07) is 0. The lowest BCUT2D eigenvalue weighted by atomic mass is 9.57. The number of amides is 2. The first-order valence-electron chi connectivity index (χ1n) is 5.97. The van der Waals surface area contributed by atoms with E-state index in [1.54, 1.807) is 14.2 Å². The molecule has 4 heteroatoms. The lowest BCUT2D eigenvalue weighted by Crippen LogP contribution is -2.55. The topological polar surface area (TPSA) is 46.6 Å². The van der Waals surface area contributed by atoms with Gasteiger partial charge in [0.25, 0.3) is 0 Å². The summed E-state index contributed by atoms with van der Waals surface area (Å²) in [6.45, 7) is 0. The predicted molar refractivity (Wildman–Crippen MR) is 56.5 cm³/mol. The number of methoxy groups -OCH3 is 1. The standard InChI is InChI=1S/C12H17NO3/c1-13-10(14)8-7-3-5-12(16-2,6-4-7)9(8)11(13)15/h7-9H,3-6H2,1-2H3. The summed E-state index contributed by atoms with van der Waals surface area (Å²) in [5.41, 5.74) is -0.350. The maximum atomic E-state index is 12.1. The average molecular weight is 223 g/mol. The third-order valence-electron chi connectivity index (χ3n) is 4.93. The minimum atomic E-state index is -0.350. The van der Waals surface area contributed by atoms with Gasteiger partial charge < -0.3 is 4.74 Å². The van der Waals surface area contributed by atoms with Crippen molar-refractivity contribution in [2.75, 3.05) is 14.2 Å². The van der Waals surface area contributed by atoms with Crippen molar-refractivity contribution in [2.45, 2.75) is 31.3 Å². The van der Waals surface area contributed by atoms with Crippen molar-refractivity contribution in [2.24, 2.45) is 17.8 Å². The summed E-state index contributed by atoms with van der Waals surface area (Å²) in [7, 11) is 3.28. The van der Waals surface area contributed by atoms with E-state index in [1.807, 2.05) is 0 Å². The van der Waals surface area contributed by atoms with Gasteiger partial charge in [-0.2, -0.15) is 0 Å². The van der Waals surface area contributed by atoms with Gasteiger partial charge in [0.2, 0.25) is 11.8 Å². The molecule has 0 aromatic carbocycles. The zero-order valence-electron chi connectivity index (χ0n) is 9.73. The van der Waals surface area contributed by atoms with Crippen LogP contribution in [0, 0.1) is 17.8 Å². The van der Waals surface area contributed by atoms with Crippen LogP contribution in [-0.4, -0.2) is 36.5 Å². The zero-order valence-corrected chi connectivity index (χ0v) is 9.73. The minimum absolute atomic E-state index is 0.0147. The fourth-order valence-corrected chi connectivity index (χ4v) is 3.99. The molecule has 16 heavy (non-hydrogen) atoms. The molecule has 4 rings (SSSR count). The molecular weight excluding hydrogens is 206 g/mol. The molecule has 88 valence electrons. The second-order valence-corrected chi connectivity index (χ2v) is 5.35. The molecule has 1 aliphatic heterocycles. The first kappa shape index (κ1) is 10.3. The van der Waals surface area contributed by atoms with Gasteiger partial charge >= 0.3 is 0 Å². The highest BCUT2D eigenvalue weighted by Gasteiger charge is 2.64. The Morgan fingerprint density at radius 3 is 2.44 bits per heavy atom. The van der Waals surface area contributed by atoms with Crippen LogP contribution >= 0.6 is 0 Å². The number of carbonyl (C=O) groups excluding carboxylic acids is 2. The van der Waals surface area contributed by atoms with Gasteiger partial charge in [-0.3, -0.25) is 14.5 Å². The van der Waals surface area contributed by atoms with Crippen molar-refractivity contribution in [3.05, 3.63) is 0 Å². The Bertz CT molecular complexity index is 357. The molecule has 4 fully saturated rings. The third-order valence-corrected chi connectivity index (χ3v) is 4.93. The Kier molecular flexibility index (Phi) is 1.97. The Labute approximate surface area is 94.9 Å². The molecule has 3 saturated carbocycles. The molecule has 2 bridgehead atoms. The second kappa shape index (κ2) is 3.06. The van der Waals surface area contributed by atoms with E-state index in [-0.39, 0.29) is 29.3 Å². The van der Waals surface area contributed by atoms with Gasteiger partial charge in [-0.05, 0) is 31.6 Å². The molecule has 0 N–H and O–H groups in total. The summed E-state index contributed by atoms with van der Waals surface area (Å²) in [4.78, 5) is 25.5. The lowest BCUT2D eigenvalue weighted by molar-refractivity contribution is -0.166. The number of rotatable bonds is 1. The van der Waals surface area contributed by atoms with Crippen LogP contribution < -0.4 is 0 Å². The molecule has 3 aliphatic carbocycles. The minimum Gasteiger partial charge on any atom is -0.377 e. The van der Waals surface area contributed by atoms with Crippen molar-refractivity contribution in [3.8, 4) is 0 Å². The predicted octanol–water partition coefficient (Wildman–Crippen LogP) is 0.806. The van der Waals surface area contributed by atoms with Crippen LogP contribution in [0.5, 0.6) is 0 Å². The average Bonchev–Trinajstić information content (AvgIpc) is 2.58. The van der Waals surface area contributed by atoms with Crippen molar-refractivity contribution in [1.29, 1.82) is 0 Å². The van der Waals surface area contributed by atoms with E-state index in [9.17, 15) is 9.59 Å². The lowest BCUT2D eigenvalue weighted by Gasteiger charge is -2.51. The first-order valence-corrected chi connectivity index (χ1v) is 5.97. The highest BCUT2D eigenvalue weighted by Crippen LogP contribution is 2.56. The van der Waals surface area contributed by atoms with E-state index in [0.717, 1.165) is 25.7 Å². The van der Waals surface area contributed by atoms with Crippen LogP contribution in [0.15, 0.2) is 0 Å². The van der Waals surface area contributed by atoms with Gasteiger partial charge in [-0.1, -0.05) is 0 Å². The molecule has 0 aromatic rings. The summed E-state index contributed by atoms with van der Waals surface area (Å²) in [5.74, 6) is 0.0907. The summed E-state index contributed by atoms with van der Waals surface area (Å²) >= 11 is 0. The number of fused-ring (bicyclic) bond motifs is 2. The number of likely N-dealkylation sites (tertiary alicyclic amines) is 1. The molecule has 2 amide bonds. The van der Waals surface area contributed by atoms with Crippen molar-refractivity contribution in [3.63, 3.8) is 0 Å². The Balaban J connectivity index is 2.07. The highest BCUT2D eigenvalue weighted by atomic mass is 16.5. The van der Waals surface area contributed by atoms with Crippen molar-refractivity contribution in [1.82, 2.24) is 4.90 Å². The van der Waals surface area contributed by atoms with Crippen LogP contribution in [0.4, 0.5) is 0 Å². The van der Waals surface area contributed by atoms with Gasteiger partial charge in [-0.15, -0.1) is 0 Å². The van der Waals surface area contributed by atoms with Crippen LogP contribution in [0.3, 0.4) is 0 Å². The molecule has 2 unspecified atom stereocenters. The van der Waals surface area contributed by atoms with Gasteiger partial charge in [-0.25, -0.2) is 0 Å². The number of hydrogen-bond acceptors (Lipinski definition) is 3. The van der Waals surface area contributed by atoms with Crippen molar-refractivity contribution >= 4 is 11.8 Å². The van der Waals surface area contributed by atoms with Crippen LogP contribution in [-0.2, 0) is 14.3 Å². The molecule has 1 heterocycles. The Morgan fingerprint density at radius 2 is 1.88 bits per heavy atom. The number of imide groups is 1. The Hall–Kier alpha value is -0.900. The number of hydrogen-bond donors (Lipinski definition) is 0.